The Kier molecular flexibility index (Phi) is 15.8. The monoisotopic (exact) mass is 461 g/mol. The minimum absolute atomic E-state index is 0. The average molecular weight is 463 g/mol. The average Bonchev–Trinajstić information content (AvgIpc) is 2.48. The second-order valence-electron chi connectivity index (χ2n) is 7.02. The zero-order valence-corrected chi connectivity index (χ0v) is 20.0. The molecule has 0 bridgehead atoms. The van der Waals surface area contributed by atoms with E-state index in [2.05, 4.69) is 55.4 Å². The molecule has 0 heterocycles. The molecule has 1 unspecified atom stereocenters. The summed E-state index contributed by atoms with van der Waals surface area (Å²) in [7, 11) is 0. The molecule has 0 rings (SSSR count). The summed E-state index contributed by atoms with van der Waals surface area (Å²) in [5, 5.41) is 1.94. The summed E-state index contributed by atoms with van der Waals surface area (Å²) in [5.41, 5.74) is 0. The van der Waals surface area contributed by atoms with E-state index in [1.807, 2.05) is 0 Å². The van der Waals surface area contributed by atoms with E-state index in [9.17, 15) is 0 Å². The molecular weight excluding hydrogens is 421 g/mol. The van der Waals surface area contributed by atoms with Gasteiger partial charge in [-0.2, -0.15) is 0 Å². The molecule has 0 aliphatic rings. The Balaban J connectivity index is 0. The molecule has 0 amide bonds. The van der Waals surface area contributed by atoms with Crippen molar-refractivity contribution in [3.05, 3.63) is 0 Å². The van der Waals surface area contributed by atoms with E-state index in [-0.39, 0.29) is 17.0 Å². The van der Waals surface area contributed by atoms with E-state index in [1.54, 1.807) is 0 Å². The summed E-state index contributed by atoms with van der Waals surface area (Å²) in [6.07, 6.45) is 15.4. The van der Waals surface area contributed by atoms with Crippen LogP contribution < -0.4 is 5.32 Å². The number of nitrogens with one attached hydrogen (secondary N) is 1. The van der Waals surface area contributed by atoms with Gasteiger partial charge in [0.1, 0.15) is 0 Å². The molecule has 0 aliphatic heterocycles. The fourth-order valence-electron chi connectivity index (χ4n) is 3.30. The molecule has 22 heavy (non-hydrogen) atoms. The molecule has 0 saturated carbocycles. The molecular formula is C18H42Br2NP. The van der Waals surface area contributed by atoms with Crippen molar-refractivity contribution in [1.82, 2.24) is 5.32 Å². The normalized spacial score (nSPS) is 14.9. The van der Waals surface area contributed by atoms with Crippen molar-refractivity contribution < 1.29 is 0 Å². The standard InChI is InChI=1S/C18H41BrNP.BrH/c1-6-10-14-21(19,15-11-7-2,16-12-8-3)17-13-18(5)20-9-4;/h18,20H,6-17H2,1-5H3;1H. The maximum atomic E-state index is 4.48. The van der Waals surface area contributed by atoms with Crippen LogP contribution in [0.3, 0.4) is 0 Å². The van der Waals surface area contributed by atoms with Crippen LogP contribution in [-0.2, 0) is 0 Å². The van der Waals surface area contributed by atoms with E-state index in [0.717, 1.165) is 6.54 Å². The van der Waals surface area contributed by atoms with Crippen LogP contribution in [0, 0.1) is 0 Å². The third-order valence-electron chi connectivity index (χ3n) is 4.89. The Morgan fingerprint density at radius 1 is 0.818 bits per heavy atom. The van der Waals surface area contributed by atoms with Gasteiger partial charge < -0.3 is 0 Å². The molecule has 1 nitrogen and oxygen atoms in total. The molecule has 0 radical (unpaired) electrons. The van der Waals surface area contributed by atoms with E-state index < -0.39 is 5.31 Å². The van der Waals surface area contributed by atoms with Gasteiger partial charge in [-0.05, 0) is 0 Å². The summed E-state index contributed by atoms with van der Waals surface area (Å²) in [5.74, 6) is 0. The summed E-state index contributed by atoms with van der Waals surface area (Å²) in [6, 6.07) is 0.666. The van der Waals surface area contributed by atoms with Gasteiger partial charge in [-0.15, -0.1) is 17.0 Å². The van der Waals surface area contributed by atoms with Crippen LogP contribution in [0.4, 0.5) is 0 Å². The van der Waals surface area contributed by atoms with Gasteiger partial charge in [0, 0.05) is 0 Å². The van der Waals surface area contributed by atoms with E-state index in [4.69, 9.17) is 0 Å². The molecule has 0 aromatic carbocycles. The van der Waals surface area contributed by atoms with Gasteiger partial charge in [0.25, 0.3) is 0 Å². The molecule has 138 valence electrons. The summed E-state index contributed by atoms with van der Waals surface area (Å²) in [6.45, 7) is 12.7. The second-order valence-corrected chi connectivity index (χ2v) is 18.5. The Morgan fingerprint density at radius 2 is 1.23 bits per heavy atom. The predicted molar refractivity (Wildman–Crippen MR) is 118 cm³/mol. The van der Waals surface area contributed by atoms with Crippen molar-refractivity contribution >= 4 is 37.8 Å². The van der Waals surface area contributed by atoms with Gasteiger partial charge in [-0.1, -0.05) is 0 Å². The maximum absolute atomic E-state index is 4.48. The molecule has 0 aromatic rings. The van der Waals surface area contributed by atoms with Crippen LogP contribution in [0.5, 0.6) is 0 Å². The van der Waals surface area contributed by atoms with Crippen LogP contribution in [0.1, 0.15) is 79.6 Å². The fraction of sp³-hybridized carbons (Fsp3) is 1.00. The fourth-order valence-corrected chi connectivity index (χ4v) is 11.9. The quantitative estimate of drug-likeness (QED) is 0.268. The number of rotatable bonds is 14. The van der Waals surface area contributed by atoms with Gasteiger partial charge in [0.15, 0.2) is 0 Å². The topological polar surface area (TPSA) is 12.0 Å². The molecule has 0 aromatic heterocycles. The van der Waals surface area contributed by atoms with Crippen molar-refractivity contribution in [1.29, 1.82) is 0 Å². The number of hydrogen-bond acceptors (Lipinski definition) is 1. The van der Waals surface area contributed by atoms with Gasteiger partial charge in [-0.3, -0.25) is 0 Å². The molecule has 1 atom stereocenters. The molecule has 4 heteroatoms. The summed E-state index contributed by atoms with van der Waals surface area (Å²) in [4.78, 5) is 0. The van der Waals surface area contributed by atoms with E-state index >= 15 is 0 Å². The van der Waals surface area contributed by atoms with Crippen LogP contribution in [-0.4, -0.2) is 37.2 Å². The zero-order valence-electron chi connectivity index (χ0n) is 15.8. The Hall–Kier alpha value is 1.35. The van der Waals surface area contributed by atoms with Crippen molar-refractivity contribution in [2.75, 3.05) is 31.2 Å². The van der Waals surface area contributed by atoms with E-state index in [1.165, 1.54) is 69.6 Å². The molecule has 0 fully saturated rings. The molecule has 0 aliphatic carbocycles. The Bertz CT molecular complexity index is 237. The summed E-state index contributed by atoms with van der Waals surface area (Å²) >= 11 is 4.48. The van der Waals surface area contributed by atoms with Crippen molar-refractivity contribution in [2.24, 2.45) is 0 Å². The van der Waals surface area contributed by atoms with Gasteiger partial charge in [0.2, 0.25) is 0 Å². The first-order valence-electron chi connectivity index (χ1n) is 9.39. The first-order valence-corrected chi connectivity index (χ1v) is 14.4. The van der Waals surface area contributed by atoms with Gasteiger partial charge >= 0.3 is 143 Å². The second kappa shape index (κ2) is 13.6. The number of unbranched alkanes of at least 4 members (excludes halogenated alkanes) is 3. The Labute approximate surface area is 159 Å². The predicted octanol–water partition coefficient (Wildman–Crippen LogP) is 7.22. The first-order chi connectivity index (χ1) is 9.93. The van der Waals surface area contributed by atoms with Crippen LogP contribution in [0.15, 0.2) is 0 Å². The van der Waals surface area contributed by atoms with Crippen molar-refractivity contribution in [3.63, 3.8) is 0 Å². The van der Waals surface area contributed by atoms with Crippen molar-refractivity contribution in [2.45, 2.75) is 85.6 Å². The SMILES string of the molecule is Br.CCCCP(Br)(CCCC)(CCCC)CCC(C)NCC. The molecule has 0 saturated heterocycles. The third-order valence-corrected chi connectivity index (χ3v) is 14.8. The minimum atomic E-state index is -1.66. The van der Waals surface area contributed by atoms with E-state index in [0.29, 0.717) is 6.04 Å². The van der Waals surface area contributed by atoms with Gasteiger partial charge in [0.05, 0.1) is 0 Å². The van der Waals surface area contributed by atoms with Crippen LogP contribution in [0.2, 0.25) is 0 Å². The number of halogens is 2. The van der Waals surface area contributed by atoms with Gasteiger partial charge in [-0.25, -0.2) is 0 Å². The number of hydrogen-bond donors (Lipinski definition) is 1. The first kappa shape index (κ1) is 25.6. The van der Waals surface area contributed by atoms with Crippen molar-refractivity contribution in [3.8, 4) is 0 Å². The van der Waals surface area contributed by atoms with Crippen LogP contribution >= 0.6 is 37.8 Å². The third kappa shape index (κ3) is 10.3. The molecule has 1 N–H and O–H groups in total. The van der Waals surface area contributed by atoms with Crippen LogP contribution in [0.25, 0.3) is 0 Å². The Morgan fingerprint density at radius 3 is 1.55 bits per heavy atom. The summed E-state index contributed by atoms with van der Waals surface area (Å²) < 4.78 is 0. The molecule has 0 spiro atoms. The zero-order chi connectivity index (χ0) is 16.2.